The number of carbonyl (C=O) groups excluding carboxylic acids is 1. The monoisotopic (exact) mass is 393 g/mol. The van der Waals surface area contributed by atoms with Crippen molar-refractivity contribution in [1.82, 2.24) is 24.3 Å². The molecule has 0 bridgehead atoms. The first-order chi connectivity index (χ1) is 13.7. The Morgan fingerprint density at radius 3 is 2.79 bits per heavy atom. The predicted octanol–water partition coefficient (Wildman–Crippen LogP) is 4.19. The molecular formula is C21H20ClN5O. The molecule has 0 aliphatic rings. The highest BCUT2D eigenvalue weighted by Gasteiger charge is 2.19. The van der Waals surface area contributed by atoms with Gasteiger partial charge in [0.25, 0.3) is 5.91 Å². The molecule has 0 saturated heterocycles. The molecule has 0 fully saturated rings. The van der Waals surface area contributed by atoms with E-state index < -0.39 is 0 Å². The van der Waals surface area contributed by atoms with E-state index >= 15 is 0 Å². The van der Waals surface area contributed by atoms with Crippen LogP contribution in [0.4, 0.5) is 0 Å². The molecule has 0 unspecified atom stereocenters. The van der Waals surface area contributed by atoms with Crippen LogP contribution in [0, 0.1) is 0 Å². The number of aromatic nitrogens is 4. The van der Waals surface area contributed by atoms with Crippen molar-refractivity contribution in [3.05, 3.63) is 77.5 Å². The number of hydrogen-bond donors (Lipinski definition) is 1. The molecule has 0 atom stereocenters. The summed E-state index contributed by atoms with van der Waals surface area (Å²) in [6.07, 6.45) is 6.67. The molecular weight excluding hydrogens is 374 g/mol. The van der Waals surface area contributed by atoms with Crippen LogP contribution in [0.1, 0.15) is 29.4 Å². The third-order valence-corrected chi connectivity index (χ3v) is 4.73. The van der Waals surface area contributed by atoms with Crippen LogP contribution in [0.2, 0.25) is 5.02 Å². The fourth-order valence-corrected chi connectivity index (χ4v) is 3.24. The summed E-state index contributed by atoms with van der Waals surface area (Å²) in [4.78, 5) is 21.9. The van der Waals surface area contributed by atoms with Crippen LogP contribution in [0.5, 0.6) is 0 Å². The highest BCUT2D eigenvalue weighted by molar-refractivity contribution is 6.30. The maximum atomic E-state index is 12.8. The summed E-state index contributed by atoms with van der Waals surface area (Å²) in [7, 11) is 0. The molecule has 4 rings (SSSR count). The standard InChI is InChI=1S/C21H20ClN5O/c1-2-10-26-13-17(24-14-26)20-25-19(18-5-3-4-11-27(18)20)21(28)23-12-15-6-8-16(22)9-7-15/h3-9,11,13-14H,2,10,12H2,1H3,(H,23,28). The first-order valence-corrected chi connectivity index (χ1v) is 9.55. The third kappa shape index (κ3) is 3.64. The minimum Gasteiger partial charge on any atom is -0.347 e. The number of nitrogens with one attached hydrogen (secondary N) is 1. The zero-order valence-corrected chi connectivity index (χ0v) is 16.2. The Labute approximate surface area is 167 Å². The molecule has 3 aromatic heterocycles. The summed E-state index contributed by atoms with van der Waals surface area (Å²) in [5, 5.41) is 3.60. The SMILES string of the molecule is CCCn1cnc(-c2nc(C(=O)NCc3ccc(Cl)cc3)c3ccccn23)c1. The first kappa shape index (κ1) is 18.3. The quantitative estimate of drug-likeness (QED) is 0.534. The van der Waals surface area contributed by atoms with E-state index in [1.54, 1.807) is 18.5 Å². The molecule has 0 saturated carbocycles. The van der Waals surface area contributed by atoms with Crippen LogP contribution >= 0.6 is 11.6 Å². The van der Waals surface area contributed by atoms with E-state index in [0.29, 0.717) is 23.1 Å². The number of benzene rings is 1. The van der Waals surface area contributed by atoms with Crippen molar-refractivity contribution in [1.29, 1.82) is 0 Å². The van der Waals surface area contributed by atoms with E-state index in [1.807, 2.05) is 51.7 Å². The lowest BCUT2D eigenvalue weighted by atomic mass is 10.2. The number of fused-ring (bicyclic) bond motifs is 1. The average molecular weight is 394 g/mol. The summed E-state index contributed by atoms with van der Waals surface area (Å²) in [5.74, 6) is 0.431. The lowest BCUT2D eigenvalue weighted by molar-refractivity contribution is 0.0948. The van der Waals surface area contributed by atoms with Crippen molar-refractivity contribution >= 4 is 23.0 Å². The minimum atomic E-state index is -0.224. The van der Waals surface area contributed by atoms with Crippen molar-refractivity contribution < 1.29 is 4.79 Å². The Kier molecular flexibility index (Phi) is 5.12. The number of rotatable bonds is 6. The molecule has 0 aliphatic heterocycles. The molecule has 1 aromatic carbocycles. The van der Waals surface area contributed by atoms with Gasteiger partial charge >= 0.3 is 0 Å². The molecule has 28 heavy (non-hydrogen) atoms. The number of aryl methyl sites for hydroxylation is 1. The summed E-state index contributed by atoms with van der Waals surface area (Å²) in [6, 6.07) is 13.1. The van der Waals surface area contributed by atoms with Crippen molar-refractivity contribution in [2.24, 2.45) is 0 Å². The first-order valence-electron chi connectivity index (χ1n) is 9.17. The van der Waals surface area contributed by atoms with E-state index in [0.717, 1.165) is 29.7 Å². The van der Waals surface area contributed by atoms with Gasteiger partial charge in [0, 0.05) is 30.5 Å². The van der Waals surface area contributed by atoms with Crippen molar-refractivity contribution in [3.8, 4) is 11.5 Å². The number of nitrogens with zero attached hydrogens (tertiary/aromatic N) is 4. The van der Waals surface area contributed by atoms with E-state index in [1.165, 1.54) is 0 Å². The number of amides is 1. The van der Waals surface area contributed by atoms with Gasteiger partial charge in [-0.3, -0.25) is 9.20 Å². The molecule has 7 heteroatoms. The van der Waals surface area contributed by atoms with Gasteiger partial charge in [0.1, 0.15) is 5.69 Å². The van der Waals surface area contributed by atoms with Gasteiger partial charge in [-0.25, -0.2) is 9.97 Å². The largest absolute Gasteiger partial charge is 0.347 e. The molecule has 3 heterocycles. The Balaban J connectivity index is 1.63. The lowest BCUT2D eigenvalue weighted by Crippen LogP contribution is -2.23. The molecule has 6 nitrogen and oxygen atoms in total. The maximum absolute atomic E-state index is 12.8. The van der Waals surface area contributed by atoms with Gasteiger partial charge in [0.2, 0.25) is 0 Å². The van der Waals surface area contributed by atoms with Gasteiger partial charge in [0.05, 0.1) is 11.8 Å². The second-order valence-electron chi connectivity index (χ2n) is 6.55. The molecule has 4 aromatic rings. The number of carbonyl (C=O) groups is 1. The van der Waals surface area contributed by atoms with E-state index in [9.17, 15) is 4.79 Å². The van der Waals surface area contributed by atoms with Gasteiger partial charge in [-0.15, -0.1) is 0 Å². The molecule has 0 aliphatic carbocycles. The zero-order valence-electron chi connectivity index (χ0n) is 15.5. The van der Waals surface area contributed by atoms with E-state index in [2.05, 4.69) is 22.2 Å². The van der Waals surface area contributed by atoms with Crippen molar-refractivity contribution in [3.63, 3.8) is 0 Å². The molecule has 142 valence electrons. The average Bonchev–Trinajstić information content (AvgIpc) is 3.32. The molecule has 0 spiro atoms. The van der Waals surface area contributed by atoms with Crippen LogP contribution in [0.3, 0.4) is 0 Å². The lowest BCUT2D eigenvalue weighted by Gasteiger charge is -2.04. The molecule has 1 amide bonds. The van der Waals surface area contributed by atoms with Crippen LogP contribution in [0.25, 0.3) is 17.0 Å². The van der Waals surface area contributed by atoms with Gasteiger partial charge in [0.15, 0.2) is 11.5 Å². The summed E-state index contributed by atoms with van der Waals surface area (Å²) in [5.41, 5.74) is 2.84. The predicted molar refractivity (Wildman–Crippen MR) is 109 cm³/mol. The fourth-order valence-electron chi connectivity index (χ4n) is 3.11. The smallest absolute Gasteiger partial charge is 0.272 e. The molecule has 1 N–H and O–H groups in total. The van der Waals surface area contributed by atoms with Gasteiger partial charge < -0.3 is 9.88 Å². The Hall–Kier alpha value is -3.12. The third-order valence-electron chi connectivity index (χ3n) is 4.47. The van der Waals surface area contributed by atoms with Gasteiger partial charge in [-0.05, 0) is 36.2 Å². The van der Waals surface area contributed by atoms with Crippen molar-refractivity contribution in [2.45, 2.75) is 26.4 Å². The van der Waals surface area contributed by atoms with Crippen LogP contribution in [-0.4, -0.2) is 24.8 Å². The topological polar surface area (TPSA) is 64.2 Å². The summed E-state index contributed by atoms with van der Waals surface area (Å²) in [6.45, 7) is 3.42. The van der Waals surface area contributed by atoms with Gasteiger partial charge in [-0.1, -0.05) is 36.7 Å². The van der Waals surface area contributed by atoms with E-state index in [-0.39, 0.29) is 5.91 Å². The number of pyridine rings is 1. The Morgan fingerprint density at radius 1 is 1.18 bits per heavy atom. The fraction of sp³-hybridized carbons (Fsp3) is 0.190. The van der Waals surface area contributed by atoms with Crippen LogP contribution in [-0.2, 0) is 13.1 Å². The molecule has 0 radical (unpaired) electrons. The van der Waals surface area contributed by atoms with Crippen LogP contribution in [0.15, 0.2) is 61.2 Å². The van der Waals surface area contributed by atoms with Gasteiger partial charge in [-0.2, -0.15) is 0 Å². The number of halogens is 1. The number of imidazole rings is 2. The highest BCUT2D eigenvalue weighted by Crippen LogP contribution is 2.22. The zero-order chi connectivity index (χ0) is 19.5. The summed E-state index contributed by atoms with van der Waals surface area (Å²) >= 11 is 5.91. The van der Waals surface area contributed by atoms with Crippen molar-refractivity contribution in [2.75, 3.05) is 0 Å². The van der Waals surface area contributed by atoms with Crippen LogP contribution < -0.4 is 5.32 Å². The second kappa shape index (κ2) is 7.86. The summed E-state index contributed by atoms with van der Waals surface area (Å²) < 4.78 is 3.93. The van der Waals surface area contributed by atoms with E-state index in [4.69, 9.17) is 11.6 Å². The minimum absolute atomic E-state index is 0.224. The number of hydrogen-bond acceptors (Lipinski definition) is 3. The normalized spacial score (nSPS) is 11.1. The highest BCUT2D eigenvalue weighted by atomic mass is 35.5. The maximum Gasteiger partial charge on any atom is 0.272 e. The second-order valence-corrected chi connectivity index (χ2v) is 6.98. The Bertz CT molecular complexity index is 1110. The Morgan fingerprint density at radius 2 is 2.00 bits per heavy atom.